The van der Waals surface area contributed by atoms with Crippen LogP contribution in [0.2, 0.25) is 0 Å². The minimum absolute atomic E-state index is 0.735. The second kappa shape index (κ2) is 6.69. The molecule has 0 spiro atoms. The summed E-state index contributed by atoms with van der Waals surface area (Å²) in [5.41, 5.74) is 0. The molecule has 0 saturated carbocycles. The second-order valence-electron chi connectivity index (χ2n) is 4.31. The smallest absolute Gasteiger partial charge is 0.108 e. The molecule has 0 aliphatic rings. The number of furan rings is 2. The number of ether oxygens (including phenoxy) is 1. The van der Waals surface area contributed by atoms with Crippen LogP contribution in [0.1, 0.15) is 23.0 Å². The van der Waals surface area contributed by atoms with Gasteiger partial charge in [0.05, 0.1) is 12.5 Å². The van der Waals surface area contributed by atoms with Gasteiger partial charge in [0.1, 0.15) is 23.0 Å². The van der Waals surface area contributed by atoms with E-state index in [0.29, 0.717) is 0 Å². The van der Waals surface area contributed by atoms with Gasteiger partial charge >= 0.3 is 0 Å². The molecule has 0 aromatic carbocycles. The van der Waals surface area contributed by atoms with Crippen LogP contribution in [0.5, 0.6) is 0 Å². The van der Waals surface area contributed by atoms with Crippen molar-refractivity contribution in [3.8, 4) is 0 Å². The van der Waals surface area contributed by atoms with Crippen LogP contribution in [0.3, 0.4) is 0 Å². The quantitative estimate of drug-likeness (QED) is 0.724. The van der Waals surface area contributed by atoms with Crippen LogP contribution in [0.4, 0.5) is 0 Å². The van der Waals surface area contributed by atoms with Gasteiger partial charge in [-0.2, -0.15) is 0 Å². The molecule has 0 unspecified atom stereocenters. The van der Waals surface area contributed by atoms with Gasteiger partial charge in [-0.15, -0.1) is 0 Å². The average Bonchev–Trinajstić information content (AvgIpc) is 2.97. The molecular weight excluding hydrogens is 240 g/mol. The van der Waals surface area contributed by atoms with Gasteiger partial charge in [0.15, 0.2) is 0 Å². The molecule has 3 nitrogen and oxygen atoms in total. The van der Waals surface area contributed by atoms with Crippen LogP contribution in [0.15, 0.2) is 57.8 Å². The fourth-order valence-corrected chi connectivity index (χ4v) is 1.67. The lowest BCUT2D eigenvalue weighted by Crippen LogP contribution is -1.77. The first-order valence-electron chi connectivity index (χ1n) is 6.30. The van der Waals surface area contributed by atoms with Crippen molar-refractivity contribution >= 4 is 0 Å². The molecule has 100 valence electrons. The number of allylic oxidation sites excluding steroid dienone is 2. The summed E-state index contributed by atoms with van der Waals surface area (Å²) >= 11 is 0. The Labute approximate surface area is 113 Å². The average molecular weight is 258 g/mol. The minimum atomic E-state index is 0.735. The van der Waals surface area contributed by atoms with Gasteiger partial charge in [0.25, 0.3) is 0 Å². The molecule has 0 aliphatic heterocycles. The van der Waals surface area contributed by atoms with Gasteiger partial charge in [-0.25, -0.2) is 0 Å². The summed E-state index contributed by atoms with van der Waals surface area (Å²) in [4.78, 5) is 0. The predicted molar refractivity (Wildman–Crippen MR) is 73.7 cm³/mol. The van der Waals surface area contributed by atoms with E-state index in [9.17, 15) is 0 Å². The zero-order valence-corrected chi connectivity index (χ0v) is 11.3. The van der Waals surface area contributed by atoms with Crippen molar-refractivity contribution in [2.24, 2.45) is 0 Å². The maximum Gasteiger partial charge on any atom is 0.108 e. The number of hydrogen-bond acceptors (Lipinski definition) is 3. The van der Waals surface area contributed by atoms with E-state index >= 15 is 0 Å². The highest BCUT2D eigenvalue weighted by atomic mass is 16.5. The second-order valence-corrected chi connectivity index (χ2v) is 4.31. The molecule has 0 aliphatic carbocycles. The lowest BCUT2D eigenvalue weighted by atomic mass is 10.3. The highest BCUT2D eigenvalue weighted by molar-refractivity contribution is 5.09. The Hall–Kier alpha value is -2.16. The van der Waals surface area contributed by atoms with Crippen LogP contribution in [-0.4, -0.2) is 0 Å². The zero-order valence-electron chi connectivity index (χ0n) is 11.3. The number of aryl methyl sites for hydroxylation is 2. The zero-order chi connectivity index (χ0) is 13.5. The standard InChI is InChI=1S/C16H18O3/c1-13-7-9-15(18-13)5-3-11-17-12-4-6-16-10-8-14(2)19-16/h3-4,7-12H,5-6H2,1-2H3. The van der Waals surface area contributed by atoms with E-state index in [-0.39, 0.29) is 0 Å². The predicted octanol–water partition coefficient (Wildman–Crippen LogP) is 4.32. The van der Waals surface area contributed by atoms with Crippen molar-refractivity contribution in [3.05, 3.63) is 72.0 Å². The Balaban J connectivity index is 1.65. The van der Waals surface area contributed by atoms with Gasteiger partial charge in [0, 0.05) is 12.8 Å². The first kappa shape index (κ1) is 13.3. The van der Waals surface area contributed by atoms with E-state index in [0.717, 1.165) is 35.9 Å². The van der Waals surface area contributed by atoms with E-state index < -0.39 is 0 Å². The van der Waals surface area contributed by atoms with Crippen LogP contribution in [-0.2, 0) is 17.6 Å². The van der Waals surface area contributed by atoms with E-state index in [4.69, 9.17) is 13.6 Å². The molecule has 0 N–H and O–H groups in total. The fourth-order valence-electron chi connectivity index (χ4n) is 1.67. The molecule has 19 heavy (non-hydrogen) atoms. The van der Waals surface area contributed by atoms with Gasteiger partial charge in [-0.1, -0.05) is 0 Å². The number of hydrogen-bond donors (Lipinski definition) is 0. The van der Waals surface area contributed by atoms with Crippen molar-refractivity contribution in [2.45, 2.75) is 26.7 Å². The topological polar surface area (TPSA) is 35.5 Å². The van der Waals surface area contributed by atoms with Crippen molar-refractivity contribution in [3.63, 3.8) is 0 Å². The Morgan fingerprint density at radius 2 is 1.32 bits per heavy atom. The van der Waals surface area contributed by atoms with Crippen molar-refractivity contribution in [2.75, 3.05) is 0 Å². The molecule has 0 amide bonds. The lowest BCUT2D eigenvalue weighted by molar-refractivity contribution is 0.397. The Morgan fingerprint density at radius 3 is 1.68 bits per heavy atom. The number of rotatable bonds is 6. The fraction of sp³-hybridized carbons (Fsp3) is 0.250. The molecular formula is C16H18O3. The van der Waals surface area contributed by atoms with Crippen molar-refractivity contribution in [1.82, 2.24) is 0 Å². The largest absolute Gasteiger partial charge is 0.473 e. The normalized spacial score (nSPS) is 11.7. The van der Waals surface area contributed by atoms with E-state index in [1.165, 1.54) is 0 Å². The Morgan fingerprint density at radius 1 is 0.842 bits per heavy atom. The first-order chi connectivity index (χ1) is 9.24. The summed E-state index contributed by atoms with van der Waals surface area (Å²) < 4.78 is 16.1. The maximum absolute atomic E-state index is 5.43. The summed E-state index contributed by atoms with van der Waals surface area (Å²) in [5, 5.41) is 0. The van der Waals surface area contributed by atoms with E-state index in [1.54, 1.807) is 12.5 Å². The van der Waals surface area contributed by atoms with E-state index in [1.807, 2.05) is 50.3 Å². The monoisotopic (exact) mass is 258 g/mol. The highest BCUT2D eigenvalue weighted by Crippen LogP contribution is 2.08. The van der Waals surface area contributed by atoms with Crippen molar-refractivity contribution in [1.29, 1.82) is 0 Å². The summed E-state index contributed by atoms with van der Waals surface area (Å²) in [6.45, 7) is 3.87. The third kappa shape index (κ3) is 4.54. The van der Waals surface area contributed by atoms with Crippen LogP contribution in [0.25, 0.3) is 0 Å². The first-order valence-corrected chi connectivity index (χ1v) is 6.30. The summed E-state index contributed by atoms with van der Waals surface area (Å²) in [6.07, 6.45) is 8.61. The highest BCUT2D eigenvalue weighted by Gasteiger charge is 1.95. The van der Waals surface area contributed by atoms with Crippen LogP contribution in [0, 0.1) is 13.8 Å². The molecule has 2 heterocycles. The van der Waals surface area contributed by atoms with Crippen LogP contribution < -0.4 is 0 Å². The molecule has 0 atom stereocenters. The van der Waals surface area contributed by atoms with Gasteiger partial charge in [-0.05, 0) is 50.3 Å². The molecule has 0 radical (unpaired) electrons. The Kier molecular flexibility index (Phi) is 4.67. The molecule has 0 saturated heterocycles. The summed E-state index contributed by atoms with van der Waals surface area (Å²) in [6, 6.07) is 7.84. The lowest BCUT2D eigenvalue weighted by Gasteiger charge is -1.91. The summed E-state index contributed by atoms with van der Waals surface area (Å²) in [7, 11) is 0. The van der Waals surface area contributed by atoms with Crippen molar-refractivity contribution < 1.29 is 13.6 Å². The Bertz CT molecular complexity index is 508. The third-order valence-electron chi connectivity index (χ3n) is 2.58. The van der Waals surface area contributed by atoms with E-state index in [2.05, 4.69) is 0 Å². The molecule has 2 rings (SSSR count). The molecule has 2 aromatic rings. The molecule has 3 heteroatoms. The minimum Gasteiger partial charge on any atom is -0.473 e. The SMILES string of the molecule is Cc1ccc(CC=COC=CCc2ccc(C)o2)o1. The third-order valence-corrected chi connectivity index (χ3v) is 2.58. The molecule has 2 aromatic heterocycles. The van der Waals surface area contributed by atoms with Gasteiger partial charge in [0.2, 0.25) is 0 Å². The van der Waals surface area contributed by atoms with Gasteiger partial charge in [-0.3, -0.25) is 0 Å². The van der Waals surface area contributed by atoms with Gasteiger partial charge < -0.3 is 13.6 Å². The molecule has 0 bridgehead atoms. The van der Waals surface area contributed by atoms with Crippen LogP contribution >= 0.6 is 0 Å². The molecule has 0 fully saturated rings. The maximum atomic E-state index is 5.43. The summed E-state index contributed by atoms with van der Waals surface area (Å²) in [5.74, 6) is 3.73.